The Morgan fingerprint density at radius 3 is 2.26 bits per heavy atom. The maximum absolute atomic E-state index is 10.7. The SMILES string of the molecule is CC(C)N1[C@@H]2C[C@H]1CN(c1ccc([N+](=O)[O-])cc1)C2. The van der Waals surface area contributed by atoms with Crippen molar-refractivity contribution >= 4 is 11.4 Å². The van der Waals surface area contributed by atoms with Gasteiger partial charge in [0.25, 0.3) is 5.69 Å². The summed E-state index contributed by atoms with van der Waals surface area (Å²) in [6, 6.07) is 8.82. The van der Waals surface area contributed by atoms with Crippen molar-refractivity contribution in [2.24, 2.45) is 0 Å². The van der Waals surface area contributed by atoms with E-state index in [1.807, 2.05) is 12.1 Å². The highest BCUT2D eigenvalue weighted by Crippen LogP contribution is 2.36. The molecule has 1 aromatic carbocycles. The van der Waals surface area contributed by atoms with Gasteiger partial charge in [-0.3, -0.25) is 15.0 Å². The van der Waals surface area contributed by atoms with Crippen LogP contribution in [-0.2, 0) is 0 Å². The van der Waals surface area contributed by atoms with Gasteiger partial charge in [-0.2, -0.15) is 0 Å². The third-order valence-corrected chi connectivity index (χ3v) is 4.27. The number of fused-ring (bicyclic) bond motifs is 2. The summed E-state index contributed by atoms with van der Waals surface area (Å²) in [4.78, 5) is 15.2. The van der Waals surface area contributed by atoms with E-state index in [-0.39, 0.29) is 10.6 Å². The zero-order valence-electron chi connectivity index (χ0n) is 11.3. The van der Waals surface area contributed by atoms with Crippen molar-refractivity contribution in [2.45, 2.75) is 38.4 Å². The van der Waals surface area contributed by atoms with Crippen LogP contribution in [0.15, 0.2) is 24.3 Å². The Balaban J connectivity index is 1.71. The van der Waals surface area contributed by atoms with Gasteiger partial charge in [-0.05, 0) is 32.4 Å². The van der Waals surface area contributed by atoms with Crippen molar-refractivity contribution in [1.29, 1.82) is 0 Å². The van der Waals surface area contributed by atoms with E-state index in [1.165, 1.54) is 6.42 Å². The molecule has 0 aliphatic carbocycles. The molecule has 1 aromatic rings. The van der Waals surface area contributed by atoms with Gasteiger partial charge in [-0.25, -0.2) is 0 Å². The van der Waals surface area contributed by atoms with E-state index in [1.54, 1.807) is 12.1 Å². The van der Waals surface area contributed by atoms with Crippen molar-refractivity contribution in [3.8, 4) is 0 Å². The first-order valence-electron chi connectivity index (χ1n) is 6.83. The minimum Gasteiger partial charge on any atom is -0.368 e. The number of rotatable bonds is 3. The number of nitrogens with zero attached hydrogens (tertiary/aromatic N) is 3. The van der Waals surface area contributed by atoms with Crippen LogP contribution in [0, 0.1) is 10.1 Å². The zero-order chi connectivity index (χ0) is 13.6. The minimum atomic E-state index is -0.349. The first-order chi connectivity index (χ1) is 9.06. The quantitative estimate of drug-likeness (QED) is 0.618. The molecule has 3 heterocycles. The fraction of sp³-hybridized carbons (Fsp3) is 0.571. The molecule has 0 spiro atoms. The van der Waals surface area contributed by atoms with E-state index >= 15 is 0 Å². The summed E-state index contributed by atoms with van der Waals surface area (Å²) in [7, 11) is 0. The Labute approximate surface area is 113 Å². The summed E-state index contributed by atoms with van der Waals surface area (Å²) in [5, 5.41) is 10.7. The topological polar surface area (TPSA) is 49.6 Å². The second kappa shape index (κ2) is 4.49. The number of nitro benzene ring substituents is 1. The lowest BCUT2D eigenvalue weighted by Crippen LogP contribution is -2.70. The molecule has 0 radical (unpaired) electrons. The van der Waals surface area contributed by atoms with Crippen LogP contribution in [0.5, 0.6) is 0 Å². The van der Waals surface area contributed by atoms with Gasteiger partial charge in [0.2, 0.25) is 0 Å². The standard InChI is InChI=1S/C14H19N3O2/c1-10(2)16-13-7-14(16)9-15(8-13)11-3-5-12(6-4-11)17(18)19/h3-6,10,13-14H,7-9H2,1-2H3/t13-,14+. The molecule has 102 valence electrons. The fourth-order valence-corrected chi connectivity index (χ4v) is 3.48. The number of benzene rings is 1. The zero-order valence-corrected chi connectivity index (χ0v) is 11.3. The highest BCUT2D eigenvalue weighted by molar-refractivity contribution is 5.52. The van der Waals surface area contributed by atoms with Crippen molar-refractivity contribution in [2.75, 3.05) is 18.0 Å². The second-order valence-electron chi connectivity index (χ2n) is 5.76. The largest absolute Gasteiger partial charge is 0.368 e. The smallest absolute Gasteiger partial charge is 0.269 e. The van der Waals surface area contributed by atoms with Crippen LogP contribution in [0.1, 0.15) is 20.3 Å². The van der Waals surface area contributed by atoms with Gasteiger partial charge in [0.15, 0.2) is 0 Å². The number of piperidine rings is 1. The van der Waals surface area contributed by atoms with Crippen molar-refractivity contribution < 1.29 is 4.92 Å². The van der Waals surface area contributed by atoms with E-state index in [9.17, 15) is 10.1 Å². The van der Waals surface area contributed by atoms with Crippen LogP contribution in [0.4, 0.5) is 11.4 Å². The van der Waals surface area contributed by atoms with Crippen molar-refractivity contribution in [3.05, 3.63) is 34.4 Å². The van der Waals surface area contributed by atoms with Gasteiger partial charge in [0.1, 0.15) is 0 Å². The Morgan fingerprint density at radius 1 is 1.21 bits per heavy atom. The third-order valence-electron chi connectivity index (χ3n) is 4.27. The molecule has 0 saturated carbocycles. The monoisotopic (exact) mass is 261 g/mol. The number of non-ortho nitro benzene ring substituents is 1. The summed E-state index contributed by atoms with van der Waals surface area (Å²) in [5.74, 6) is 0. The molecule has 5 heteroatoms. The molecule has 0 N–H and O–H groups in total. The first kappa shape index (κ1) is 12.4. The molecular formula is C14H19N3O2. The molecule has 3 fully saturated rings. The van der Waals surface area contributed by atoms with Crippen LogP contribution in [0.3, 0.4) is 0 Å². The molecule has 3 aliphatic rings. The summed E-state index contributed by atoms with van der Waals surface area (Å²) in [5.41, 5.74) is 1.26. The van der Waals surface area contributed by atoms with Gasteiger partial charge >= 0.3 is 0 Å². The van der Waals surface area contributed by atoms with Crippen LogP contribution in [0.25, 0.3) is 0 Å². The maximum Gasteiger partial charge on any atom is 0.269 e. The third kappa shape index (κ3) is 2.08. The van der Waals surface area contributed by atoms with E-state index in [0.717, 1.165) is 18.8 Å². The van der Waals surface area contributed by atoms with E-state index < -0.39 is 0 Å². The predicted molar refractivity (Wildman–Crippen MR) is 74.5 cm³/mol. The van der Waals surface area contributed by atoms with Crippen LogP contribution in [-0.4, -0.2) is 41.0 Å². The molecular weight excluding hydrogens is 242 g/mol. The average molecular weight is 261 g/mol. The summed E-state index contributed by atoms with van der Waals surface area (Å²) < 4.78 is 0. The van der Waals surface area contributed by atoms with Crippen molar-refractivity contribution in [3.63, 3.8) is 0 Å². The highest BCUT2D eigenvalue weighted by Gasteiger charge is 2.45. The lowest BCUT2D eigenvalue weighted by molar-refractivity contribution is -0.384. The number of hydrogen-bond donors (Lipinski definition) is 0. The molecule has 0 unspecified atom stereocenters. The molecule has 0 amide bonds. The summed E-state index contributed by atoms with van der Waals surface area (Å²) >= 11 is 0. The Kier molecular flexibility index (Phi) is 2.93. The number of hydrogen-bond acceptors (Lipinski definition) is 4. The lowest BCUT2D eigenvalue weighted by Gasteiger charge is -2.58. The molecule has 2 bridgehead atoms. The fourth-order valence-electron chi connectivity index (χ4n) is 3.48. The molecule has 2 atom stereocenters. The number of piperazine rings is 1. The Hall–Kier alpha value is -1.62. The number of anilines is 1. The summed E-state index contributed by atoms with van der Waals surface area (Å²) in [6.07, 6.45) is 1.29. The molecule has 0 aromatic heterocycles. The molecule has 19 heavy (non-hydrogen) atoms. The minimum absolute atomic E-state index is 0.162. The van der Waals surface area contributed by atoms with Gasteiger partial charge in [0.05, 0.1) is 4.92 Å². The van der Waals surface area contributed by atoms with Gasteiger partial charge < -0.3 is 4.90 Å². The highest BCUT2D eigenvalue weighted by atomic mass is 16.6. The Bertz CT molecular complexity index is 474. The average Bonchev–Trinajstić information content (AvgIpc) is 2.38. The molecule has 3 saturated heterocycles. The lowest BCUT2D eigenvalue weighted by atomic mass is 9.85. The van der Waals surface area contributed by atoms with Gasteiger partial charge in [-0.15, -0.1) is 0 Å². The van der Waals surface area contributed by atoms with E-state index in [4.69, 9.17) is 0 Å². The normalized spacial score (nSPS) is 26.4. The van der Waals surface area contributed by atoms with Gasteiger partial charge in [-0.1, -0.05) is 0 Å². The predicted octanol–water partition coefficient (Wildman–Crippen LogP) is 2.27. The molecule has 3 aliphatic heterocycles. The van der Waals surface area contributed by atoms with Crippen LogP contribution in [0.2, 0.25) is 0 Å². The summed E-state index contributed by atoms with van der Waals surface area (Å²) in [6.45, 7) is 6.57. The first-order valence-corrected chi connectivity index (χ1v) is 6.83. The molecule has 4 rings (SSSR count). The van der Waals surface area contributed by atoms with Crippen LogP contribution < -0.4 is 4.90 Å². The Morgan fingerprint density at radius 2 is 1.79 bits per heavy atom. The number of nitro groups is 1. The van der Waals surface area contributed by atoms with Crippen molar-refractivity contribution in [1.82, 2.24) is 4.90 Å². The van der Waals surface area contributed by atoms with E-state index in [0.29, 0.717) is 18.1 Å². The van der Waals surface area contributed by atoms with Gasteiger partial charge in [0, 0.05) is 49.0 Å². The maximum atomic E-state index is 10.7. The van der Waals surface area contributed by atoms with Crippen LogP contribution >= 0.6 is 0 Å². The molecule has 5 nitrogen and oxygen atoms in total. The second-order valence-corrected chi connectivity index (χ2v) is 5.76. The van der Waals surface area contributed by atoms with E-state index in [2.05, 4.69) is 23.6 Å².